The van der Waals surface area contributed by atoms with Gasteiger partial charge in [0.1, 0.15) is 0 Å². The van der Waals surface area contributed by atoms with E-state index in [0.29, 0.717) is 17.9 Å². The topological polar surface area (TPSA) is 93.1 Å². The number of aromatic hydroxyl groups is 1. The zero-order valence-electron chi connectivity index (χ0n) is 14.4. The van der Waals surface area contributed by atoms with Gasteiger partial charge in [-0.05, 0) is 30.2 Å². The molecule has 1 rings (SSSR count). The van der Waals surface area contributed by atoms with E-state index in [2.05, 4.69) is 6.92 Å². The molecule has 0 amide bonds. The van der Waals surface area contributed by atoms with Gasteiger partial charge in [-0.1, -0.05) is 32.3 Å². The second-order valence-corrected chi connectivity index (χ2v) is 5.00. The molecule has 1 aromatic carbocycles. The fourth-order valence-corrected chi connectivity index (χ4v) is 1.71. The molecule has 6 heteroatoms. The normalized spacial score (nSPS) is 9.96. The van der Waals surface area contributed by atoms with E-state index in [9.17, 15) is 14.7 Å². The highest BCUT2D eigenvalue weighted by Crippen LogP contribution is 2.26. The maximum absolute atomic E-state index is 10.3. The average molecular weight is 338 g/mol. The van der Waals surface area contributed by atoms with Crippen molar-refractivity contribution in [1.29, 1.82) is 0 Å². The van der Waals surface area contributed by atoms with Crippen molar-refractivity contribution in [3.8, 4) is 11.5 Å². The van der Waals surface area contributed by atoms with Crippen LogP contribution in [0.15, 0.2) is 24.3 Å². The summed E-state index contributed by atoms with van der Waals surface area (Å²) >= 11 is 0. The van der Waals surface area contributed by atoms with Gasteiger partial charge in [0, 0.05) is 13.0 Å². The molecule has 0 radical (unpaired) electrons. The SMILES string of the molecule is CCCCCCOC(C)=O.COc1cc(C=CC(=O)O)ccc1O. The Balaban J connectivity index is 0.000000470. The Kier molecular flexibility index (Phi) is 11.6. The minimum atomic E-state index is -1.02. The van der Waals surface area contributed by atoms with E-state index in [0.717, 1.165) is 12.5 Å². The molecule has 0 aromatic heterocycles. The van der Waals surface area contributed by atoms with E-state index >= 15 is 0 Å². The van der Waals surface area contributed by atoms with E-state index in [-0.39, 0.29) is 11.7 Å². The number of aliphatic carboxylic acids is 1. The van der Waals surface area contributed by atoms with Crippen LogP contribution in [0.25, 0.3) is 6.08 Å². The standard InChI is InChI=1S/C10H10O4.C8H16O2/c1-14-9-6-7(2-4-8(9)11)3-5-10(12)13;1-3-4-5-6-7-10-8(2)9/h2-6,11H,1H3,(H,12,13);3-7H2,1-2H3. The molecule has 24 heavy (non-hydrogen) atoms. The Morgan fingerprint density at radius 2 is 1.92 bits per heavy atom. The minimum Gasteiger partial charge on any atom is -0.504 e. The lowest BCUT2D eigenvalue weighted by Crippen LogP contribution is -1.99. The van der Waals surface area contributed by atoms with Crippen LogP contribution in [0.5, 0.6) is 11.5 Å². The van der Waals surface area contributed by atoms with E-state index in [1.165, 1.54) is 45.4 Å². The van der Waals surface area contributed by atoms with Crippen LogP contribution in [-0.2, 0) is 14.3 Å². The fraction of sp³-hybridized carbons (Fsp3) is 0.444. The van der Waals surface area contributed by atoms with Gasteiger partial charge in [0.05, 0.1) is 13.7 Å². The lowest BCUT2D eigenvalue weighted by molar-refractivity contribution is -0.141. The van der Waals surface area contributed by atoms with Crippen LogP contribution in [0.1, 0.15) is 45.1 Å². The number of carboxylic acid groups (broad SMARTS) is 1. The summed E-state index contributed by atoms with van der Waals surface area (Å²) in [6.45, 7) is 4.20. The van der Waals surface area contributed by atoms with Crippen molar-refractivity contribution in [2.24, 2.45) is 0 Å². The third-order valence-electron chi connectivity index (χ3n) is 2.93. The van der Waals surface area contributed by atoms with E-state index in [1.54, 1.807) is 12.1 Å². The second kappa shape index (κ2) is 13.0. The summed E-state index contributed by atoms with van der Waals surface area (Å²) in [5.74, 6) is -0.842. The number of hydrogen-bond donors (Lipinski definition) is 2. The smallest absolute Gasteiger partial charge is 0.328 e. The number of carbonyl (C=O) groups excluding carboxylic acids is 1. The van der Waals surface area contributed by atoms with Crippen LogP contribution in [0.2, 0.25) is 0 Å². The molecular formula is C18H26O6. The number of phenols is 1. The van der Waals surface area contributed by atoms with Crippen LogP contribution < -0.4 is 4.74 Å². The quantitative estimate of drug-likeness (QED) is 0.427. The maximum Gasteiger partial charge on any atom is 0.328 e. The van der Waals surface area contributed by atoms with Crippen molar-refractivity contribution >= 4 is 18.0 Å². The van der Waals surface area contributed by atoms with Crippen LogP contribution in [-0.4, -0.2) is 35.9 Å². The first-order valence-corrected chi connectivity index (χ1v) is 7.82. The number of benzene rings is 1. The van der Waals surface area contributed by atoms with Crippen LogP contribution in [0.4, 0.5) is 0 Å². The molecular weight excluding hydrogens is 312 g/mol. The summed E-state index contributed by atoms with van der Waals surface area (Å²) < 4.78 is 9.61. The van der Waals surface area contributed by atoms with Crippen molar-refractivity contribution in [3.63, 3.8) is 0 Å². The van der Waals surface area contributed by atoms with E-state index < -0.39 is 5.97 Å². The molecule has 1 aromatic rings. The van der Waals surface area contributed by atoms with Crippen LogP contribution >= 0.6 is 0 Å². The molecule has 0 saturated heterocycles. The van der Waals surface area contributed by atoms with Crippen molar-refractivity contribution in [2.75, 3.05) is 13.7 Å². The van der Waals surface area contributed by atoms with Gasteiger partial charge < -0.3 is 19.7 Å². The highest BCUT2D eigenvalue weighted by Gasteiger charge is 2.00. The zero-order valence-corrected chi connectivity index (χ0v) is 14.4. The third-order valence-corrected chi connectivity index (χ3v) is 2.93. The first-order chi connectivity index (χ1) is 11.4. The number of hydrogen-bond acceptors (Lipinski definition) is 5. The zero-order chi connectivity index (χ0) is 18.4. The largest absolute Gasteiger partial charge is 0.504 e. The molecule has 0 fully saturated rings. The summed E-state index contributed by atoms with van der Waals surface area (Å²) in [6, 6.07) is 4.59. The highest BCUT2D eigenvalue weighted by molar-refractivity contribution is 5.85. The maximum atomic E-state index is 10.3. The monoisotopic (exact) mass is 338 g/mol. The van der Waals surface area contributed by atoms with E-state index in [1.807, 2.05) is 0 Å². The molecule has 0 aliphatic heterocycles. The molecule has 6 nitrogen and oxygen atoms in total. The average Bonchev–Trinajstić information content (AvgIpc) is 2.54. The lowest BCUT2D eigenvalue weighted by atomic mass is 10.2. The summed E-state index contributed by atoms with van der Waals surface area (Å²) in [5, 5.41) is 17.6. The molecule has 134 valence electrons. The molecule has 0 heterocycles. The molecule has 0 unspecified atom stereocenters. The Morgan fingerprint density at radius 1 is 1.21 bits per heavy atom. The van der Waals surface area contributed by atoms with Gasteiger partial charge in [0.2, 0.25) is 0 Å². The summed E-state index contributed by atoms with van der Waals surface area (Å²) in [5.41, 5.74) is 0.655. The van der Waals surface area contributed by atoms with Gasteiger partial charge in [-0.2, -0.15) is 0 Å². The van der Waals surface area contributed by atoms with Gasteiger partial charge in [-0.15, -0.1) is 0 Å². The second-order valence-electron chi connectivity index (χ2n) is 5.00. The predicted octanol–water partition coefficient (Wildman–Crippen LogP) is 3.63. The Bertz CT molecular complexity index is 536. The number of esters is 1. The molecule has 0 bridgehead atoms. The van der Waals surface area contributed by atoms with Gasteiger partial charge in [0.15, 0.2) is 11.5 Å². The van der Waals surface area contributed by atoms with Gasteiger partial charge in [-0.3, -0.25) is 4.79 Å². The van der Waals surface area contributed by atoms with Crippen molar-refractivity contribution < 1.29 is 29.3 Å². The van der Waals surface area contributed by atoms with Crippen molar-refractivity contribution in [3.05, 3.63) is 29.8 Å². The number of phenolic OH excluding ortho intramolecular Hbond substituents is 1. The molecule has 0 saturated carbocycles. The Morgan fingerprint density at radius 3 is 2.46 bits per heavy atom. The Hall–Kier alpha value is -2.50. The van der Waals surface area contributed by atoms with Crippen LogP contribution in [0.3, 0.4) is 0 Å². The number of unbranched alkanes of at least 4 members (excludes halogenated alkanes) is 3. The number of carbonyl (C=O) groups is 2. The number of carboxylic acids is 1. The van der Waals surface area contributed by atoms with Crippen LogP contribution in [0, 0.1) is 0 Å². The summed E-state index contributed by atoms with van der Waals surface area (Å²) in [7, 11) is 1.43. The number of rotatable bonds is 8. The fourth-order valence-electron chi connectivity index (χ4n) is 1.71. The Labute approximate surface area is 142 Å². The minimum absolute atomic E-state index is 0.0278. The number of ether oxygens (including phenoxy) is 2. The highest BCUT2D eigenvalue weighted by atomic mass is 16.5. The van der Waals surface area contributed by atoms with Gasteiger partial charge >= 0.3 is 11.9 Å². The van der Waals surface area contributed by atoms with Crippen molar-refractivity contribution in [1.82, 2.24) is 0 Å². The molecule has 0 atom stereocenters. The van der Waals surface area contributed by atoms with Crippen molar-refractivity contribution in [2.45, 2.75) is 39.5 Å². The third kappa shape index (κ3) is 11.1. The first-order valence-electron chi connectivity index (χ1n) is 7.82. The lowest BCUT2D eigenvalue weighted by Gasteiger charge is -2.03. The molecule has 0 spiro atoms. The first kappa shape index (κ1) is 21.5. The molecule has 2 N–H and O–H groups in total. The predicted molar refractivity (Wildman–Crippen MR) is 92.1 cm³/mol. The molecule has 0 aliphatic rings. The van der Waals surface area contributed by atoms with E-state index in [4.69, 9.17) is 14.6 Å². The number of methoxy groups -OCH3 is 1. The summed E-state index contributed by atoms with van der Waals surface area (Å²) in [6.07, 6.45) is 7.08. The summed E-state index contributed by atoms with van der Waals surface area (Å²) in [4.78, 5) is 20.5. The van der Waals surface area contributed by atoms with Gasteiger partial charge in [0.25, 0.3) is 0 Å². The molecule has 0 aliphatic carbocycles. The van der Waals surface area contributed by atoms with Gasteiger partial charge in [-0.25, -0.2) is 4.79 Å².